The number of benzene rings is 1. The van der Waals surface area contributed by atoms with E-state index in [0.29, 0.717) is 5.16 Å². The van der Waals surface area contributed by atoms with Crippen molar-refractivity contribution in [2.24, 2.45) is 0 Å². The first-order valence-electron chi connectivity index (χ1n) is 10.9. The molecule has 5 nitrogen and oxygen atoms in total. The Kier molecular flexibility index (Phi) is 6.26. The molecule has 3 aromatic rings. The van der Waals surface area contributed by atoms with Gasteiger partial charge in [-0.1, -0.05) is 30.0 Å². The van der Waals surface area contributed by atoms with Crippen LogP contribution in [0.5, 0.6) is 0 Å². The molecule has 1 atom stereocenters. The fourth-order valence-corrected chi connectivity index (χ4v) is 6.72. The van der Waals surface area contributed by atoms with E-state index in [2.05, 4.69) is 0 Å². The quantitative estimate of drug-likeness (QED) is 0.385. The van der Waals surface area contributed by atoms with Crippen LogP contribution in [-0.4, -0.2) is 37.7 Å². The maximum Gasteiger partial charge on any atom is 0.267 e. The third-order valence-electron chi connectivity index (χ3n) is 5.72. The molecule has 2 aromatic heterocycles. The second-order valence-corrected chi connectivity index (χ2v) is 11.0. The van der Waals surface area contributed by atoms with Crippen LogP contribution in [0.15, 0.2) is 40.3 Å². The summed E-state index contributed by atoms with van der Waals surface area (Å²) in [5, 5.41) is 0.989. The lowest BCUT2D eigenvalue weighted by Crippen LogP contribution is -2.45. The predicted molar refractivity (Wildman–Crippen MR) is 130 cm³/mol. The molecule has 0 bridgehead atoms. The third kappa shape index (κ3) is 4.05. The van der Waals surface area contributed by atoms with Crippen LogP contribution in [0.3, 0.4) is 0 Å². The topological polar surface area (TPSA) is 55.2 Å². The second kappa shape index (κ2) is 8.79. The van der Waals surface area contributed by atoms with E-state index in [0.717, 1.165) is 35.2 Å². The van der Waals surface area contributed by atoms with Gasteiger partial charge in [0, 0.05) is 17.0 Å². The number of nitrogens with zero attached hydrogens (tertiary/aromatic N) is 3. The van der Waals surface area contributed by atoms with Gasteiger partial charge in [-0.25, -0.2) is 4.98 Å². The molecule has 0 N–H and O–H groups in total. The summed E-state index contributed by atoms with van der Waals surface area (Å²) in [6.07, 6.45) is 3.07. The average molecular weight is 456 g/mol. The molecular weight excluding hydrogens is 426 g/mol. The van der Waals surface area contributed by atoms with E-state index in [-0.39, 0.29) is 28.8 Å². The smallest absolute Gasteiger partial charge is 0.267 e. The second-order valence-electron chi connectivity index (χ2n) is 8.60. The molecule has 4 rings (SSSR count). The standard InChI is InChI=1S/C24H29N3O2S2/c1-14(2)26(15(3)4)22(28)16(5)30-24-25-21-20(18-12-9-13-19(18)31-21)23(29)27(24)17-10-7-6-8-11-17/h6-8,10-11,14-16H,9,12-13H2,1-5H3. The summed E-state index contributed by atoms with van der Waals surface area (Å²) >= 11 is 3.01. The Morgan fingerprint density at radius 3 is 2.42 bits per heavy atom. The molecule has 0 radical (unpaired) electrons. The molecule has 0 spiro atoms. The SMILES string of the molecule is CC(Sc1nc2sc3c(c2c(=O)n1-c1ccccc1)CCC3)C(=O)N(C(C)C)C(C)C. The number of thioether (sulfide) groups is 1. The Morgan fingerprint density at radius 1 is 1.10 bits per heavy atom. The van der Waals surface area contributed by atoms with Crippen molar-refractivity contribution in [1.29, 1.82) is 0 Å². The molecule has 1 amide bonds. The fourth-order valence-electron chi connectivity index (χ4n) is 4.43. The van der Waals surface area contributed by atoms with Crippen molar-refractivity contribution in [3.63, 3.8) is 0 Å². The lowest BCUT2D eigenvalue weighted by molar-refractivity contribution is -0.133. The van der Waals surface area contributed by atoms with Gasteiger partial charge in [0.1, 0.15) is 4.83 Å². The molecule has 0 saturated heterocycles. The highest BCUT2D eigenvalue weighted by Crippen LogP contribution is 2.36. The monoisotopic (exact) mass is 455 g/mol. The molecular formula is C24H29N3O2S2. The summed E-state index contributed by atoms with van der Waals surface area (Å²) in [4.78, 5) is 35.8. The fraction of sp³-hybridized carbons (Fsp3) is 0.458. The van der Waals surface area contributed by atoms with Gasteiger partial charge < -0.3 is 4.90 Å². The highest BCUT2D eigenvalue weighted by atomic mass is 32.2. The zero-order valence-corrected chi connectivity index (χ0v) is 20.3. The van der Waals surface area contributed by atoms with Crippen molar-refractivity contribution in [2.75, 3.05) is 0 Å². The molecule has 1 aliphatic rings. The van der Waals surface area contributed by atoms with E-state index in [1.807, 2.05) is 69.9 Å². The Hall–Kier alpha value is -2.12. The van der Waals surface area contributed by atoms with E-state index in [1.54, 1.807) is 15.9 Å². The Labute approximate surface area is 191 Å². The zero-order valence-electron chi connectivity index (χ0n) is 18.7. The van der Waals surface area contributed by atoms with Gasteiger partial charge in [-0.3, -0.25) is 14.2 Å². The van der Waals surface area contributed by atoms with Crippen LogP contribution in [0.2, 0.25) is 0 Å². The van der Waals surface area contributed by atoms with Crippen LogP contribution in [0, 0.1) is 0 Å². The Bertz CT molecular complexity index is 1160. The van der Waals surface area contributed by atoms with Crippen molar-refractivity contribution in [2.45, 2.75) is 76.4 Å². The van der Waals surface area contributed by atoms with Crippen LogP contribution in [0.4, 0.5) is 0 Å². The molecule has 1 unspecified atom stereocenters. The first-order valence-corrected chi connectivity index (χ1v) is 12.6. The van der Waals surface area contributed by atoms with Gasteiger partial charge in [0.25, 0.3) is 5.56 Å². The highest BCUT2D eigenvalue weighted by molar-refractivity contribution is 8.00. The average Bonchev–Trinajstić information content (AvgIpc) is 3.29. The van der Waals surface area contributed by atoms with Gasteiger partial charge in [0.05, 0.1) is 16.3 Å². The lowest BCUT2D eigenvalue weighted by Gasteiger charge is -2.33. The van der Waals surface area contributed by atoms with Crippen LogP contribution in [0.1, 0.15) is 51.5 Å². The summed E-state index contributed by atoms with van der Waals surface area (Å²) in [5.74, 6) is 0.0673. The molecule has 0 aliphatic heterocycles. The molecule has 0 saturated carbocycles. The minimum atomic E-state index is -0.351. The molecule has 1 aliphatic carbocycles. The summed E-state index contributed by atoms with van der Waals surface area (Å²) in [6.45, 7) is 10.0. The predicted octanol–water partition coefficient (Wildman–Crippen LogP) is 5.06. The summed E-state index contributed by atoms with van der Waals surface area (Å²) in [7, 11) is 0. The van der Waals surface area contributed by atoms with Gasteiger partial charge in [0.15, 0.2) is 5.16 Å². The molecule has 0 fully saturated rings. The van der Waals surface area contributed by atoms with Crippen molar-refractivity contribution in [3.05, 3.63) is 51.1 Å². The number of aryl methyl sites for hydroxylation is 2. The summed E-state index contributed by atoms with van der Waals surface area (Å²) in [6, 6.07) is 9.85. The number of carbonyl (C=O) groups is 1. The van der Waals surface area contributed by atoms with Crippen LogP contribution >= 0.6 is 23.1 Å². The number of aromatic nitrogens is 2. The van der Waals surface area contributed by atoms with Crippen LogP contribution in [0.25, 0.3) is 15.9 Å². The number of thiophene rings is 1. The van der Waals surface area contributed by atoms with Gasteiger partial charge in [-0.05, 0) is 71.6 Å². The number of carbonyl (C=O) groups excluding carboxylic acids is 1. The molecule has 1 aromatic carbocycles. The normalized spacial score (nSPS) is 14.4. The largest absolute Gasteiger partial charge is 0.337 e. The van der Waals surface area contributed by atoms with Crippen molar-refractivity contribution in [3.8, 4) is 5.69 Å². The summed E-state index contributed by atoms with van der Waals surface area (Å²) in [5.41, 5.74) is 1.93. The molecule has 7 heteroatoms. The van der Waals surface area contributed by atoms with Gasteiger partial charge in [0.2, 0.25) is 5.91 Å². The van der Waals surface area contributed by atoms with Crippen molar-refractivity contribution < 1.29 is 4.79 Å². The molecule has 164 valence electrons. The number of para-hydroxylation sites is 1. The number of hydrogen-bond acceptors (Lipinski definition) is 5. The maximum absolute atomic E-state index is 13.7. The van der Waals surface area contributed by atoms with E-state index in [1.165, 1.54) is 22.2 Å². The first kappa shape index (κ1) is 22.1. The van der Waals surface area contributed by atoms with E-state index >= 15 is 0 Å². The summed E-state index contributed by atoms with van der Waals surface area (Å²) < 4.78 is 1.69. The minimum Gasteiger partial charge on any atom is -0.337 e. The van der Waals surface area contributed by atoms with E-state index in [4.69, 9.17) is 4.98 Å². The van der Waals surface area contributed by atoms with Gasteiger partial charge >= 0.3 is 0 Å². The van der Waals surface area contributed by atoms with E-state index < -0.39 is 0 Å². The van der Waals surface area contributed by atoms with Crippen LogP contribution in [-0.2, 0) is 17.6 Å². The molecule has 31 heavy (non-hydrogen) atoms. The van der Waals surface area contributed by atoms with Crippen molar-refractivity contribution >= 4 is 39.2 Å². The van der Waals surface area contributed by atoms with Gasteiger partial charge in [-0.2, -0.15) is 0 Å². The number of hydrogen-bond donors (Lipinski definition) is 0. The highest BCUT2D eigenvalue weighted by Gasteiger charge is 2.29. The Morgan fingerprint density at radius 2 is 1.77 bits per heavy atom. The number of fused-ring (bicyclic) bond motifs is 3. The van der Waals surface area contributed by atoms with Crippen LogP contribution < -0.4 is 5.56 Å². The maximum atomic E-state index is 13.7. The third-order valence-corrected chi connectivity index (χ3v) is 7.95. The van der Waals surface area contributed by atoms with Crippen molar-refractivity contribution in [1.82, 2.24) is 14.5 Å². The zero-order chi connectivity index (χ0) is 22.3. The number of amides is 1. The molecule has 2 heterocycles. The first-order chi connectivity index (χ1) is 14.8. The lowest BCUT2D eigenvalue weighted by atomic mass is 10.2. The van der Waals surface area contributed by atoms with Gasteiger partial charge in [-0.15, -0.1) is 11.3 Å². The minimum absolute atomic E-state index is 0.0256. The number of rotatable bonds is 6. The Balaban J connectivity index is 1.82. The van der Waals surface area contributed by atoms with E-state index in [9.17, 15) is 9.59 Å².